The number of benzene rings is 1. The van der Waals surface area contributed by atoms with Crippen LogP contribution in [0.3, 0.4) is 0 Å². The monoisotopic (exact) mass is 308 g/mol. The summed E-state index contributed by atoms with van der Waals surface area (Å²) in [6.45, 7) is 3.20. The van der Waals surface area contributed by atoms with Gasteiger partial charge in [-0.05, 0) is 48.1 Å². The van der Waals surface area contributed by atoms with Crippen molar-refractivity contribution in [1.29, 1.82) is 0 Å². The molecule has 1 aliphatic heterocycles. The van der Waals surface area contributed by atoms with E-state index in [1.54, 1.807) is 23.5 Å². The maximum Gasteiger partial charge on any atom is 0.240 e. The Labute approximate surface area is 122 Å². The Morgan fingerprint density at radius 1 is 1.35 bits per heavy atom. The maximum absolute atomic E-state index is 12.3. The molecule has 0 atom stereocenters. The lowest BCUT2D eigenvalue weighted by molar-refractivity contribution is 0.582. The molecule has 0 saturated heterocycles. The van der Waals surface area contributed by atoms with E-state index in [0.29, 0.717) is 11.4 Å². The number of thiophene rings is 1. The van der Waals surface area contributed by atoms with Crippen molar-refractivity contribution in [2.45, 2.75) is 24.8 Å². The van der Waals surface area contributed by atoms with Gasteiger partial charge in [-0.2, -0.15) is 0 Å². The Hall–Kier alpha value is -1.37. The predicted molar refractivity (Wildman–Crippen MR) is 81.7 cm³/mol. The lowest BCUT2D eigenvalue weighted by Crippen LogP contribution is -2.23. The maximum atomic E-state index is 12.3. The van der Waals surface area contributed by atoms with E-state index in [-0.39, 0.29) is 0 Å². The topological polar surface area (TPSA) is 58.2 Å². The van der Waals surface area contributed by atoms with Crippen molar-refractivity contribution in [2.24, 2.45) is 0 Å². The van der Waals surface area contributed by atoms with Crippen molar-refractivity contribution in [2.75, 3.05) is 11.9 Å². The van der Waals surface area contributed by atoms with Crippen LogP contribution < -0.4 is 10.0 Å². The van der Waals surface area contributed by atoms with Crippen LogP contribution in [-0.2, 0) is 23.0 Å². The molecule has 106 valence electrons. The second-order valence-electron chi connectivity index (χ2n) is 4.85. The average molecular weight is 308 g/mol. The molecule has 0 bridgehead atoms. The van der Waals surface area contributed by atoms with Gasteiger partial charge in [-0.25, -0.2) is 13.1 Å². The summed E-state index contributed by atoms with van der Waals surface area (Å²) in [5.41, 5.74) is 3.23. The summed E-state index contributed by atoms with van der Waals surface area (Å²) >= 11 is 1.57. The molecule has 4 nitrogen and oxygen atoms in total. The minimum atomic E-state index is -3.46. The molecule has 0 amide bonds. The number of nitrogens with one attached hydrogen (secondary N) is 2. The molecule has 0 radical (unpaired) electrons. The van der Waals surface area contributed by atoms with Gasteiger partial charge in [0.15, 0.2) is 0 Å². The zero-order chi connectivity index (χ0) is 14.2. The molecule has 20 heavy (non-hydrogen) atoms. The summed E-state index contributed by atoms with van der Waals surface area (Å²) in [7, 11) is -3.46. The number of fused-ring (bicyclic) bond motifs is 1. The first-order valence-electron chi connectivity index (χ1n) is 6.46. The number of hydrogen-bond acceptors (Lipinski definition) is 4. The molecule has 1 aromatic heterocycles. The highest BCUT2D eigenvalue weighted by molar-refractivity contribution is 7.89. The number of hydrogen-bond donors (Lipinski definition) is 2. The molecule has 1 aliphatic rings. The van der Waals surface area contributed by atoms with Crippen LogP contribution in [0, 0.1) is 6.92 Å². The molecule has 0 fully saturated rings. The second kappa shape index (κ2) is 5.20. The first-order chi connectivity index (χ1) is 9.56. The van der Waals surface area contributed by atoms with E-state index in [2.05, 4.69) is 10.0 Å². The zero-order valence-corrected chi connectivity index (χ0v) is 12.8. The fourth-order valence-electron chi connectivity index (χ4n) is 2.27. The van der Waals surface area contributed by atoms with E-state index >= 15 is 0 Å². The molecule has 0 aliphatic carbocycles. The minimum Gasteiger partial charge on any atom is -0.384 e. The van der Waals surface area contributed by atoms with Crippen molar-refractivity contribution >= 4 is 27.0 Å². The van der Waals surface area contributed by atoms with E-state index < -0.39 is 10.0 Å². The highest BCUT2D eigenvalue weighted by Gasteiger charge is 2.18. The Morgan fingerprint density at radius 3 is 2.95 bits per heavy atom. The van der Waals surface area contributed by atoms with Gasteiger partial charge in [-0.1, -0.05) is 6.07 Å². The molecule has 0 spiro atoms. The molecule has 6 heteroatoms. The molecule has 1 aromatic carbocycles. The van der Waals surface area contributed by atoms with Gasteiger partial charge in [0.2, 0.25) is 10.0 Å². The summed E-state index contributed by atoms with van der Waals surface area (Å²) in [5.74, 6) is 0. The summed E-state index contributed by atoms with van der Waals surface area (Å²) in [4.78, 5) is 1.37. The molecule has 0 unspecified atom stereocenters. The van der Waals surface area contributed by atoms with Crippen LogP contribution >= 0.6 is 11.3 Å². The normalized spacial score (nSPS) is 14.1. The van der Waals surface area contributed by atoms with Crippen molar-refractivity contribution in [3.05, 3.63) is 45.6 Å². The van der Waals surface area contributed by atoms with Crippen molar-refractivity contribution in [3.8, 4) is 0 Å². The molecule has 3 rings (SSSR count). The quantitative estimate of drug-likeness (QED) is 0.912. The van der Waals surface area contributed by atoms with Crippen LogP contribution in [0.15, 0.2) is 34.5 Å². The summed E-state index contributed by atoms with van der Waals surface area (Å²) in [5, 5.41) is 5.17. The number of anilines is 1. The lowest BCUT2D eigenvalue weighted by atomic mass is 10.2. The molecule has 0 saturated carbocycles. The van der Waals surface area contributed by atoms with E-state index in [0.717, 1.165) is 29.1 Å². The Kier molecular flexibility index (Phi) is 3.54. The first-order valence-corrected chi connectivity index (χ1v) is 8.82. The first kappa shape index (κ1) is 13.6. The standard InChI is InChI=1S/C14H16N2O2S2/c1-10-5-7-19-14(10)9-16-20(17,18)12-3-2-11-4-6-15-13(11)8-12/h2-3,5,7-8,15-16H,4,6,9H2,1H3. The van der Waals surface area contributed by atoms with Crippen molar-refractivity contribution in [1.82, 2.24) is 4.72 Å². The second-order valence-corrected chi connectivity index (χ2v) is 7.61. The third kappa shape index (κ3) is 2.59. The highest BCUT2D eigenvalue weighted by atomic mass is 32.2. The molecule has 2 heterocycles. The van der Waals surface area contributed by atoms with E-state index in [4.69, 9.17) is 0 Å². The van der Waals surface area contributed by atoms with E-state index in [1.807, 2.05) is 24.4 Å². The minimum absolute atomic E-state index is 0.319. The summed E-state index contributed by atoms with van der Waals surface area (Å²) in [6, 6.07) is 7.27. The molecule has 2 N–H and O–H groups in total. The van der Waals surface area contributed by atoms with Gasteiger partial charge in [-0.3, -0.25) is 0 Å². The average Bonchev–Trinajstić information content (AvgIpc) is 3.04. The van der Waals surface area contributed by atoms with Crippen LogP contribution in [0.25, 0.3) is 0 Å². The van der Waals surface area contributed by atoms with Crippen LogP contribution in [0.2, 0.25) is 0 Å². The smallest absolute Gasteiger partial charge is 0.240 e. The lowest BCUT2D eigenvalue weighted by Gasteiger charge is -2.08. The van der Waals surface area contributed by atoms with Crippen molar-refractivity contribution in [3.63, 3.8) is 0 Å². The SMILES string of the molecule is Cc1ccsc1CNS(=O)(=O)c1ccc2c(c1)NCC2. The number of rotatable bonds is 4. The number of aryl methyl sites for hydroxylation is 1. The third-order valence-corrected chi connectivity index (χ3v) is 5.91. The van der Waals surface area contributed by atoms with Gasteiger partial charge in [0.25, 0.3) is 0 Å². The largest absolute Gasteiger partial charge is 0.384 e. The van der Waals surface area contributed by atoms with Gasteiger partial charge in [0.05, 0.1) is 4.90 Å². The van der Waals surface area contributed by atoms with Crippen LogP contribution in [-0.4, -0.2) is 15.0 Å². The van der Waals surface area contributed by atoms with Crippen molar-refractivity contribution < 1.29 is 8.42 Å². The Morgan fingerprint density at radius 2 is 2.20 bits per heavy atom. The molecule has 2 aromatic rings. The van der Waals surface area contributed by atoms with Gasteiger partial charge in [0, 0.05) is 23.7 Å². The van der Waals surface area contributed by atoms with E-state index in [9.17, 15) is 8.42 Å². The van der Waals surface area contributed by atoms with Crippen LogP contribution in [0.4, 0.5) is 5.69 Å². The fraction of sp³-hybridized carbons (Fsp3) is 0.286. The predicted octanol–water partition coefficient (Wildman–Crippen LogP) is 2.50. The zero-order valence-electron chi connectivity index (χ0n) is 11.1. The van der Waals surface area contributed by atoms with Gasteiger partial charge < -0.3 is 5.32 Å². The molecular weight excluding hydrogens is 292 g/mol. The Bertz CT molecular complexity index is 735. The summed E-state index contributed by atoms with van der Waals surface area (Å²) in [6.07, 6.45) is 0.956. The third-order valence-electron chi connectivity index (χ3n) is 3.49. The van der Waals surface area contributed by atoms with Gasteiger partial charge >= 0.3 is 0 Å². The highest BCUT2D eigenvalue weighted by Crippen LogP contribution is 2.25. The number of sulfonamides is 1. The fourth-order valence-corrected chi connectivity index (χ4v) is 4.22. The van der Waals surface area contributed by atoms with Crippen LogP contribution in [0.1, 0.15) is 16.0 Å². The van der Waals surface area contributed by atoms with E-state index in [1.165, 1.54) is 5.56 Å². The van der Waals surface area contributed by atoms with Gasteiger partial charge in [0.1, 0.15) is 0 Å². The summed E-state index contributed by atoms with van der Waals surface area (Å²) < 4.78 is 27.3. The molecular formula is C14H16N2O2S2. The van der Waals surface area contributed by atoms with Crippen LogP contribution in [0.5, 0.6) is 0 Å². The Balaban J connectivity index is 1.80. The van der Waals surface area contributed by atoms with Gasteiger partial charge in [-0.15, -0.1) is 11.3 Å².